The molecule has 12 heavy (non-hydrogen) atoms. The predicted molar refractivity (Wildman–Crippen MR) is 48.5 cm³/mol. The van der Waals surface area contributed by atoms with Gasteiger partial charge in [0.05, 0.1) is 0 Å². The highest BCUT2D eigenvalue weighted by atomic mass is 32.1. The van der Waals surface area contributed by atoms with Crippen molar-refractivity contribution >= 4 is 17.2 Å². The fourth-order valence-corrected chi connectivity index (χ4v) is 1.50. The number of rotatable bonds is 2. The molecule has 0 unspecified atom stereocenters. The Labute approximate surface area is 74.1 Å². The number of amidine groups is 1. The van der Waals surface area contributed by atoms with E-state index in [0.29, 0.717) is 6.54 Å². The van der Waals surface area contributed by atoms with Crippen LogP contribution in [0.2, 0.25) is 0 Å². The molecule has 0 saturated heterocycles. The van der Waals surface area contributed by atoms with Crippen LogP contribution in [-0.4, -0.2) is 5.84 Å². The highest BCUT2D eigenvalue weighted by molar-refractivity contribution is 7.10. The summed E-state index contributed by atoms with van der Waals surface area (Å²) in [7, 11) is 0. The van der Waals surface area contributed by atoms with E-state index in [9.17, 15) is 0 Å². The van der Waals surface area contributed by atoms with Crippen molar-refractivity contribution in [2.75, 3.05) is 0 Å². The van der Waals surface area contributed by atoms with Crippen molar-refractivity contribution in [3.8, 4) is 6.19 Å². The standard InChI is InChI=1S/C7H8N4S/c8-2-6-1-5(3-12-6)7(10)11-4-9/h1,3H,2,8H2,(H2,10,11). The summed E-state index contributed by atoms with van der Waals surface area (Å²) in [6.45, 7) is 0.491. The van der Waals surface area contributed by atoms with E-state index in [1.807, 2.05) is 11.4 Å². The zero-order valence-electron chi connectivity index (χ0n) is 6.32. The van der Waals surface area contributed by atoms with Crippen LogP contribution in [0.5, 0.6) is 0 Å². The van der Waals surface area contributed by atoms with Crippen molar-refractivity contribution in [3.05, 3.63) is 21.9 Å². The van der Waals surface area contributed by atoms with Gasteiger partial charge in [-0.1, -0.05) is 0 Å². The lowest BCUT2D eigenvalue weighted by molar-refractivity contribution is 1.11. The highest BCUT2D eigenvalue weighted by Gasteiger charge is 2.01. The largest absolute Gasteiger partial charge is 0.382 e. The second-order valence-electron chi connectivity index (χ2n) is 2.10. The molecule has 5 heteroatoms. The molecule has 0 atom stereocenters. The topological polar surface area (TPSA) is 88.2 Å². The number of aliphatic imine (C=N–C) groups is 1. The van der Waals surface area contributed by atoms with Crippen LogP contribution in [0.3, 0.4) is 0 Å². The molecule has 0 aliphatic rings. The summed E-state index contributed by atoms with van der Waals surface area (Å²) in [5.74, 6) is 0.244. The third kappa shape index (κ3) is 1.81. The number of nitrogens with zero attached hydrogens (tertiary/aromatic N) is 2. The van der Waals surface area contributed by atoms with Crippen LogP contribution in [0, 0.1) is 11.5 Å². The first-order valence-corrected chi connectivity index (χ1v) is 4.16. The normalized spacial score (nSPS) is 11.2. The summed E-state index contributed by atoms with van der Waals surface area (Å²) >= 11 is 1.51. The second-order valence-corrected chi connectivity index (χ2v) is 3.10. The molecule has 1 heterocycles. The lowest BCUT2D eigenvalue weighted by atomic mass is 10.3. The van der Waals surface area contributed by atoms with Crippen LogP contribution in [0.1, 0.15) is 10.4 Å². The predicted octanol–water partition coefficient (Wildman–Crippen LogP) is 0.393. The lowest BCUT2D eigenvalue weighted by Crippen LogP contribution is -2.11. The lowest BCUT2D eigenvalue weighted by Gasteiger charge is -1.89. The third-order valence-electron chi connectivity index (χ3n) is 1.32. The molecule has 0 saturated carbocycles. The molecule has 4 N–H and O–H groups in total. The van der Waals surface area contributed by atoms with Gasteiger partial charge in [0.2, 0.25) is 6.19 Å². The van der Waals surface area contributed by atoms with E-state index >= 15 is 0 Å². The van der Waals surface area contributed by atoms with E-state index in [0.717, 1.165) is 10.4 Å². The zero-order chi connectivity index (χ0) is 8.97. The van der Waals surface area contributed by atoms with Crippen LogP contribution in [0.25, 0.3) is 0 Å². The maximum atomic E-state index is 8.22. The SMILES string of the molecule is N#CN=C(N)c1csc(CN)c1. The Balaban J connectivity index is 2.90. The molecule has 0 aliphatic heterocycles. The average molecular weight is 180 g/mol. The number of nitriles is 1. The molecule has 62 valence electrons. The fourth-order valence-electron chi connectivity index (χ4n) is 0.740. The average Bonchev–Trinajstić information content (AvgIpc) is 2.52. The molecule has 1 aromatic heterocycles. The van der Waals surface area contributed by atoms with Crippen molar-refractivity contribution in [2.45, 2.75) is 6.54 Å². The summed E-state index contributed by atoms with van der Waals surface area (Å²) in [6.07, 6.45) is 1.63. The molecule has 0 aliphatic carbocycles. The zero-order valence-corrected chi connectivity index (χ0v) is 7.14. The number of hydrogen-bond acceptors (Lipinski definition) is 4. The molecular weight excluding hydrogens is 172 g/mol. The van der Waals surface area contributed by atoms with Gasteiger partial charge >= 0.3 is 0 Å². The van der Waals surface area contributed by atoms with E-state index < -0.39 is 0 Å². The molecule has 0 fully saturated rings. The quantitative estimate of drug-likeness (QED) is 0.392. The second kappa shape index (κ2) is 3.85. The van der Waals surface area contributed by atoms with Crippen molar-refractivity contribution in [1.82, 2.24) is 0 Å². The fraction of sp³-hybridized carbons (Fsp3) is 0.143. The van der Waals surface area contributed by atoms with E-state index in [2.05, 4.69) is 4.99 Å². The molecule has 0 radical (unpaired) electrons. The Morgan fingerprint density at radius 3 is 3.00 bits per heavy atom. The molecule has 0 spiro atoms. The maximum Gasteiger partial charge on any atom is 0.207 e. The summed E-state index contributed by atoms with van der Waals surface area (Å²) < 4.78 is 0. The van der Waals surface area contributed by atoms with Crippen molar-refractivity contribution in [2.24, 2.45) is 16.5 Å². The van der Waals surface area contributed by atoms with E-state index in [4.69, 9.17) is 16.7 Å². The van der Waals surface area contributed by atoms with Crippen LogP contribution in [0.4, 0.5) is 0 Å². The van der Waals surface area contributed by atoms with Gasteiger partial charge in [0.15, 0.2) is 0 Å². The van der Waals surface area contributed by atoms with Crippen molar-refractivity contribution in [1.29, 1.82) is 5.26 Å². The summed E-state index contributed by atoms with van der Waals surface area (Å²) in [5.41, 5.74) is 11.6. The van der Waals surface area contributed by atoms with Gasteiger partial charge < -0.3 is 11.5 Å². The smallest absolute Gasteiger partial charge is 0.207 e. The highest BCUT2D eigenvalue weighted by Crippen LogP contribution is 2.13. The van der Waals surface area contributed by atoms with Crippen LogP contribution in [0.15, 0.2) is 16.4 Å². The van der Waals surface area contributed by atoms with Gasteiger partial charge in [0, 0.05) is 22.4 Å². The monoisotopic (exact) mass is 180 g/mol. The summed E-state index contributed by atoms with van der Waals surface area (Å²) in [5, 5.41) is 10.1. The Morgan fingerprint density at radius 1 is 1.75 bits per heavy atom. The Hall–Kier alpha value is -1.38. The Bertz CT molecular complexity index is 333. The van der Waals surface area contributed by atoms with Gasteiger partial charge in [-0.05, 0) is 6.07 Å². The Morgan fingerprint density at radius 2 is 2.50 bits per heavy atom. The van der Waals surface area contributed by atoms with Gasteiger partial charge in [0.1, 0.15) is 5.84 Å². The van der Waals surface area contributed by atoms with Gasteiger partial charge in [-0.2, -0.15) is 10.3 Å². The van der Waals surface area contributed by atoms with Crippen LogP contribution < -0.4 is 11.5 Å². The first-order valence-electron chi connectivity index (χ1n) is 3.28. The summed E-state index contributed by atoms with van der Waals surface area (Å²) in [4.78, 5) is 4.44. The Kier molecular flexibility index (Phi) is 2.80. The van der Waals surface area contributed by atoms with Crippen LogP contribution in [-0.2, 0) is 6.54 Å². The molecule has 0 aromatic carbocycles. The van der Waals surface area contributed by atoms with E-state index in [1.54, 1.807) is 6.19 Å². The van der Waals surface area contributed by atoms with E-state index in [1.165, 1.54) is 11.3 Å². The molecule has 0 bridgehead atoms. The minimum atomic E-state index is 0.244. The maximum absolute atomic E-state index is 8.22. The summed E-state index contributed by atoms with van der Waals surface area (Å²) in [6, 6.07) is 1.83. The van der Waals surface area contributed by atoms with Gasteiger partial charge in [-0.3, -0.25) is 0 Å². The first kappa shape index (κ1) is 8.71. The minimum absolute atomic E-state index is 0.244. The van der Waals surface area contributed by atoms with Crippen LogP contribution >= 0.6 is 11.3 Å². The number of thiophene rings is 1. The van der Waals surface area contributed by atoms with E-state index in [-0.39, 0.29) is 5.84 Å². The number of hydrogen-bond donors (Lipinski definition) is 2. The van der Waals surface area contributed by atoms with Gasteiger partial charge in [-0.15, -0.1) is 11.3 Å². The minimum Gasteiger partial charge on any atom is -0.382 e. The molecule has 1 rings (SSSR count). The number of nitrogens with two attached hydrogens (primary N) is 2. The van der Waals surface area contributed by atoms with Gasteiger partial charge in [-0.25, -0.2) is 0 Å². The molecular formula is C7H8N4S. The molecule has 4 nitrogen and oxygen atoms in total. The molecule has 0 amide bonds. The molecule has 1 aromatic rings. The van der Waals surface area contributed by atoms with Crippen molar-refractivity contribution < 1.29 is 0 Å². The van der Waals surface area contributed by atoms with Crippen molar-refractivity contribution in [3.63, 3.8) is 0 Å². The van der Waals surface area contributed by atoms with Gasteiger partial charge in [0.25, 0.3) is 0 Å². The third-order valence-corrected chi connectivity index (χ3v) is 2.28. The first-order chi connectivity index (χ1) is 5.77.